The molecule has 21 heavy (non-hydrogen) atoms. The average molecular weight is 287 g/mol. The van der Waals surface area contributed by atoms with Crippen LogP contribution < -0.4 is 5.32 Å². The van der Waals surface area contributed by atoms with E-state index in [0.717, 1.165) is 12.5 Å². The third-order valence-corrected chi connectivity index (χ3v) is 5.21. The summed E-state index contributed by atoms with van der Waals surface area (Å²) in [6.07, 6.45) is 7.76. The van der Waals surface area contributed by atoms with Crippen molar-refractivity contribution in [3.63, 3.8) is 0 Å². The van der Waals surface area contributed by atoms with Crippen molar-refractivity contribution >= 4 is 0 Å². The molecule has 0 amide bonds. The molecule has 2 unspecified atom stereocenters. The summed E-state index contributed by atoms with van der Waals surface area (Å²) in [5.41, 5.74) is 3.47. The van der Waals surface area contributed by atoms with Crippen molar-refractivity contribution in [2.75, 3.05) is 6.54 Å². The maximum atomic E-state index is 3.85. The average Bonchev–Trinajstić information content (AvgIpc) is 2.80. The first-order valence-corrected chi connectivity index (χ1v) is 8.90. The molecule has 2 atom stereocenters. The zero-order valence-corrected chi connectivity index (χ0v) is 14.4. The van der Waals surface area contributed by atoms with Crippen molar-refractivity contribution in [1.29, 1.82) is 0 Å². The van der Waals surface area contributed by atoms with Gasteiger partial charge in [0.1, 0.15) is 0 Å². The highest BCUT2D eigenvalue weighted by Gasteiger charge is 2.39. The molecule has 0 radical (unpaired) electrons. The van der Waals surface area contributed by atoms with Crippen molar-refractivity contribution in [3.8, 4) is 0 Å². The number of hydrogen-bond acceptors (Lipinski definition) is 1. The van der Waals surface area contributed by atoms with E-state index < -0.39 is 0 Å². The Morgan fingerprint density at radius 3 is 2.67 bits per heavy atom. The topological polar surface area (TPSA) is 12.0 Å². The van der Waals surface area contributed by atoms with Gasteiger partial charge >= 0.3 is 0 Å². The van der Waals surface area contributed by atoms with E-state index >= 15 is 0 Å². The Kier molecular flexibility index (Phi) is 5.87. The second kappa shape index (κ2) is 7.45. The molecule has 2 rings (SSSR count). The summed E-state index contributed by atoms with van der Waals surface area (Å²) in [5, 5.41) is 3.85. The number of rotatable bonds is 7. The molecule has 1 heteroatoms. The first-order chi connectivity index (χ1) is 10.1. The molecule has 1 aromatic rings. The Bertz CT molecular complexity index is 435. The molecule has 0 bridgehead atoms. The van der Waals surface area contributed by atoms with Gasteiger partial charge in [0.2, 0.25) is 0 Å². The third kappa shape index (κ3) is 4.10. The summed E-state index contributed by atoms with van der Waals surface area (Å²) < 4.78 is 0. The summed E-state index contributed by atoms with van der Waals surface area (Å²) in [7, 11) is 0. The zero-order valence-electron chi connectivity index (χ0n) is 14.4. The molecule has 1 nitrogen and oxygen atoms in total. The molecule has 0 aromatic heterocycles. The molecule has 0 heterocycles. The normalized spacial score (nSPS) is 22.4. The summed E-state index contributed by atoms with van der Waals surface area (Å²) in [6.45, 7) is 10.6. The van der Waals surface area contributed by atoms with Crippen LogP contribution in [0, 0.1) is 11.3 Å². The fraction of sp³-hybridized carbons (Fsp3) is 0.700. The van der Waals surface area contributed by atoms with Crippen LogP contribution >= 0.6 is 0 Å². The van der Waals surface area contributed by atoms with Crippen LogP contribution in [0.25, 0.3) is 0 Å². The van der Waals surface area contributed by atoms with E-state index in [1.54, 1.807) is 0 Å². The molecule has 0 aliphatic heterocycles. The fourth-order valence-electron chi connectivity index (χ4n) is 3.99. The summed E-state index contributed by atoms with van der Waals surface area (Å²) in [5.74, 6) is 0.765. The summed E-state index contributed by atoms with van der Waals surface area (Å²) in [4.78, 5) is 0. The quantitative estimate of drug-likeness (QED) is 0.697. The highest BCUT2D eigenvalue weighted by atomic mass is 14.9. The maximum absolute atomic E-state index is 3.85. The second-order valence-corrected chi connectivity index (χ2v) is 7.41. The van der Waals surface area contributed by atoms with Gasteiger partial charge in [-0.15, -0.1) is 0 Å². The lowest BCUT2D eigenvalue weighted by Crippen LogP contribution is -2.34. The van der Waals surface area contributed by atoms with E-state index in [9.17, 15) is 0 Å². The van der Waals surface area contributed by atoms with Crippen LogP contribution in [0.4, 0.5) is 0 Å². The van der Waals surface area contributed by atoms with Crippen LogP contribution in [0.1, 0.15) is 77.0 Å². The van der Waals surface area contributed by atoms with Gasteiger partial charge in [-0.1, -0.05) is 64.8 Å². The van der Waals surface area contributed by atoms with E-state index in [4.69, 9.17) is 0 Å². The molecule has 1 saturated carbocycles. The highest BCUT2D eigenvalue weighted by Crippen LogP contribution is 2.48. The molecule has 118 valence electrons. The standard InChI is InChI=1S/C20H33N/c1-5-9-16-10-7-11-17(15-16)19(21-14-6-2)18-12-8-13-20(18,3)4/h7,10-11,15,18-19,21H,5-6,8-9,12-14H2,1-4H3. The fourth-order valence-corrected chi connectivity index (χ4v) is 3.99. The molecule has 1 aromatic carbocycles. The first-order valence-electron chi connectivity index (χ1n) is 8.90. The third-order valence-electron chi connectivity index (χ3n) is 5.21. The van der Waals surface area contributed by atoms with Crippen LogP contribution in [-0.4, -0.2) is 6.54 Å². The molecule has 1 aliphatic rings. The molecule has 1 aliphatic carbocycles. The summed E-state index contributed by atoms with van der Waals surface area (Å²) >= 11 is 0. The van der Waals surface area contributed by atoms with Gasteiger partial charge in [0.15, 0.2) is 0 Å². The van der Waals surface area contributed by atoms with Gasteiger partial charge in [-0.2, -0.15) is 0 Å². The molecular weight excluding hydrogens is 254 g/mol. The Balaban J connectivity index is 2.24. The molecular formula is C20H33N. The second-order valence-electron chi connectivity index (χ2n) is 7.41. The van der Waals surface area contributed by atoms with Gasteiger partial charge in [0.05, 0.1) is 0 Å². The molecule has 1 fully saturated rings. The number of hydrogen-bond donors (Lipinski definition) is 1. The van der Waals surface area contributed by atoms with Crippen LogP contribution in [-0.2, 0) is 6.42 Å². The minimum atomic E-state index is 0.464. The van der Waals surface area contributed by atoms with E-state index in [0.29, 0.717) is 11.5 Å². The predicted molar refractivity (Wildman–Crippen MR) is 92.6 cm³/mol. The van der Waals surface area contributed by atoms with Crippen molar-refractivity contribution in [1.82, 2.24) is 5.32 Å². The monoisotopic (exact) mass is 287 g/mol. The maximum Gasteiger partial charge on any atom is 0.0353 e. The lowest BCUT2D eigenvalue weighted by molar-refractivity contribution is 0.197. The van der Waals surface area contributed by atoms with Crippen LogP contribution in [0.2, 0.25) is 0 Å². The van der Waals surface area contributed by atoms with Crippen molar-refractivity contribution in [2.45, 2.75) is 72.3 Å². The van der Waals surface area contributed by atoms with Gasteiger partial charge < -0.3 is 5.32 Å². The van der Waals surface area contributed by atoms with E-state index in [1.165, 1.54) is 49.7 Å². The van der Waals surface area contributed by atoms with Gasteiger partial charge in [0, 0.05) is 6.04 Å². The van der Waals surface area contributed by atoms with Crippen molar-refractivity contribution in [3.05, 3.63) is 35.4 Å². The van der Waals surface area contributed by atoms with E-state index in [2.05, 4.69) is 57.3 Å². The van der Waals surface area contributed by atoms with Crippen LogP contribution in [0.3, 0.4) is 0 Å². The molecule has 0 saturated heterocycles. The van der Waals surface area contributed by atoms with E-state index in [-0.39, 0.29) is 0 Å². The minimum Gasteiger partial charge on any atom is -0.310 e. The minimum absolute atomic E-state index is 0.464. The van der Waals surface area contributed by atoms with Crippen molar-refractivity contribution < 1.29 is 0 Å². The Morgan fingerprint density at radius 2 is 2.05 bits per heavy atom. The lowest BCUT2D eigenvalue weighted by Gasteiger charge is -2.35. The molecule has 1 N–H and O–H groups in total. The Hall–Kier alpha value is -0.820. The van der Waals surface area contributed by atoms with Crippen LogP contribution in [0.5, 0.6) is 0 Å². The van der Waals surface area contributed by atoms with Crippen LogP contribution in [0.15, 0.2) is 24.3 Å². The van der Waals surface area contributed by atoms with Crippen molar-refractivity contribution in [2.24, 2.45) is 11.3 Å². The van der Waals surface area contributed by atoms with E-state index in [1.807, 2.05) is 0 Å². The molecule has 0 spiro atoms. The van der Waals surface area contributed by atoms with Gasteiger partial charge in [-0.25, -0.2) is 0 Å². The number of nitrogens with one attached hydrogen (secondary N) is 1. The lowest BCUT2D eigenvalue weighted by atomic mass is 9.75. The number of benzene rings is 1. The van der Waals surface area contributed by atoms with Gasteiger partial charge in [-0.3, -0.25) is 0 Å². The Labute approximate surface area is 131 Å². The van der Waals surface area contributed by atoms with Gasteiger partial charge in [0.25, 0.3) is 0 Å². The smallest absolute Gasteiger partial charge is 0.0353 e. The summed E-state index contributed by atoms with van der Waals surface area (Å²) in [6, 6.07) is 9.85. The zero-order chi connectivity index (χ0) is 15.3. The number of aryl methyl sites for hydroxylation is 1. The predicted octanol–water partition coefficient (Wildman–Crippen LogP) is 5.51. The first kappa shape index (κ1) is 16.5. The van der Waals surface area contributed by atoms with Gasteiger partial charge in [-0.05, 0) is 54.7 Å². The highest BCUT2D eigenvalue weighted by molar-refractivity contribution is 5.27. The SMILES string of the molecule is CCCNC(c1cccc(CCC)c1)C1CCCC1(C)C. The largest absolute Gasteiger partial charge is 0.310 e. The Morgan fingerprint density at radius 1 is 1.24 bits per heavy atom.